The van der Waals surface area contributed by atoms with E-state index in [1.807, 2.05) is 73.7 Å². The Bertz CT molecular complexity index is 1540. The molecule has 4 aromatic rings. The number of rotatable bonds is 9. The van der Waals surface area contributed by atoms with E-state index in [2.05, 4.69) is 5.32 Å². The average Bonchev–Trinajstić information content (AvgIpc) is 3.21. The van der Waals surface area contributed by atoms with Crippen molar-refractivity contribution in [2.45, 2.75) is 6.92 Å². The topological polar surface area (TPSA) is 84.9 Å². The summed E-state index contributed by atoms with van der Waals surface area (Å²) in [5.41, 5.74) is 2.56. The SMILES string of the molecule is Cc1ccc(NC(=O)COc2ccc(/C=C3\SC(=O)N(CCOc4cccc5ccccc45)C3=O)cc2)cc1. The van der Waals surface area contributed by atoms with Gasteiger partial charge in [-0.3, -0.25) is 19.3 Å². The lowest BCUT2D eigenvalue weighted by Gasteiger charge is -2.14. The molecule has 1 aliphatic rings. The summed E-state index contributed by atoms with van der Waals surface area (Å²) in [4.78, 5) is 39.1. The van der Waals surface area contributed by atoms with Gasteiger partial charge in [0.2, 0.25) is 0 Å². The van der Waals surface area contributed by atoms with Crippen LogP contribution in [-0.2, 0) is 9.59 Å². The molecule has 5 rings (SSSR count). The Morgan fingerprint density at radius 2 is 1.64 bits per heavy atom. The van der Waals surface area contributed by atoms with Crippen LogP contribution in [0, 0.1) is 6.92 Å². The molecule has 8 heteroatoms. The predicted molar refractivity (Wildman–Crippen MR) is 154 cm³/mol. The van der Waals surface area contributed by atoms with Crippen LogP contribution in [0.25, 0.3) is 16.8 Å². The third-order valence-corrected chi connectivity index (χ3v) is 6.99. The van der Waals surface area contributed by atoms with Gasteiger partial charge in [0.15, 0.2) is 6.61 Å². The van der Waals surface area contributed by atoms with Crippen LogP contribution in [0.2, 0.25) is 0 Å². The summed E-state index contributed by atoms with van der Waals surface area (Å²) in [6.45, 7) is 2.20. The lowest BCUT2D eigenvalue weighted by atomic mass is 10.1. The highest BCUT2D eigenvalue weighted by atomic mass is 32.2. The number of fused-ring (bicyclic) bond motifs is 1. The minimum absolute atomic E-state index is 0.132. The molecule has 39 heavy (non-hydrogen) atoms. The predicted octanol–water partition coefficient (Wildman–Crippen LogP) is 6.28. The second kappa shape index (κ2) is 11.9. The number of nitrogens with one attached hydrogen (secondary N) is 1. The molecule has 1 N–H and O–H groups in total. The number of benzene rings is 4. The van der Waals surface area contributed by atoms with Gasteiger partial charge in [0.05, 0.1) is 11.4 Å². The van der Waals surface area contributed by atoms with Crippen molar-refractivity contribution in [3.8, 4) is 11.5 Å². The summed E-state index contributed by atoms with van der Waals surface area (Å²) in [7, 11) is 0. The van der Waals surface area contributed by atoms with E-state index in [-0.39, 0.29) is 36.8 Å². The number of amides is 3. The number of anilines is 1. The van der Waals surface area contributed by atoms with Crippen LogP contribution in [0.4, 0.5) is 10.5 Å². The molecule has 0 aliphatic carbocycles. The highest BCUT2D eigenvalue weighted by Crippen LogP contribution is 2.32. The molecule has 0 aromatic heterocycles. The smallest absolute Gasteiger partial charge is 0.293 e. The van der Waals surface area contributed by atoms with E-state index in [4.69, 9.17) is 9.47 Å². The van der Waals surface area contributed by atoms with Gasteiger partial charge in [-0.05, 0) is 66.0 Å². The van der Waals surface area contributed by atoms with E-state index in [0.29, 0.717) is 22.1 Å². The molecule has 1 heterocycles. The van der Waals surface area contributed by atoms with Gasteiger partial charge in [0, 0.05) is 11.1 Å². The van der Waals surface area contributed by atoms with Gasteiger partial charge in [-0.2, -0.15) is 0 Å². The number of aryl methyl sites for hydroxylation is 1. The maximum atomic E-state index is 12.9. The Morgan fingerprint density at radius 1 is 0.897 bits per heavy atom. The minimum atomic E-state index is -0.348. The minimum Gasteiger partial charge on any atom is -0.491 e. The zero-order valence-corrected chi connectivity index (χ0v) is 22.1. The number of nitrogens with zero attached hydrogens (tertiary/aromatic N) is 1. The molecular weight excluding hydrogens is 512 g/mol. The van der Waals surface area contributed by atoms with Gasteiger partial charge in [0.25, 0.3) is 17.1 Å². The standard InChI is InChI=1S/C31H26N2O5S/c1-21-9-13-24(14-10-21)32-29(34)20-38-25-15-11-22(12-16-25)19-28-30(35)33(31(36)39-28)17-18-37-27-8-4-6-23-5-2-3-7-26(23)27/h2-16,19H,17-18,20H2,1H3,(H,32,34)/b28-19-. The fraction of sp³-hybridized carbons (Fsp3) is 0.129. The van der Waals surface area contributed by atoms with E-state index in [9.17, 15) is 14.4 Å². The van der Waals surface area contributed by atoms with Gasteiger partial charge >= 0.3 is 0 Å². The van der Waals surface area contributed by atoms with Gasteiger partial charge in [-0.1, -0.05) is 66.2 Å². The van der Waals surface area contributed by atoms with Crippen LogP contribution in [0.5, 0.6) is 11.5 Å². The first kappa shape index (κ1) is 26.1. The zero-order chi connectivity index (χ0) is 27.2. The normalized spacial score (nSPS) is 14.2. The van der Waals surface area contributed by atoms with E-state index >= 15 is 0 Å². The quantitative estimate of drug-likeness (QED) is 0.253. The first-order chi connectivity index (χ1) is 19.0. The molecule has 0 saturated carbocycles. The Balaban J connectivity index is 1.13. The summed E-state index contributed by atoms with van der Waals surface area (Å²) >= 11 is 0.904. The van der Waals surface area contributed by atoms with Crippen molar-refractivity contribution >= 4 is 51.4 Å². The molecular formula is C31H26N2O5S. The molecule has 0 unspecified atom stereocenters. The van der Waals surface area contributed by atoms with Crippen LogP contribution in [0.3, 0.4) is 0 Å². The molecule has 4 aromatic carbocycles. The van der Waals surface area contributed by atoms with E-state index < -0.39 is 0 Å². The van der Waals surface area contributed by atoms with Crippen LogP contribution in [0.1, 0.15) is 11.1 Å². The molecule has 1 fully saturated rings. The first-order valence-corrected chi connectivity index (χ1v) is 13.2. The Morgan fingerprint density at radius 3 is 2.44 bits per heavy atom. The monoisotopic (exact) mass is 538 g/mol. The van der Waals surface area contributed by atoms with Gasteiger partial charge < -0.3 is 14.8 Å². The summed E-state index contributed by atoms with van der Waals surface area (Å²) < 4.78 is 11.5. The molecule has 3 amide bonds. The van der Waals surface area contributed by atoms with Crippen molar-refractivity contribution < 1.29 is 23.9 Å². The Kier molecular flexibility index (Phi) is 7.94. The summed E-state index contributed by atoms with van der Waals surface area (Å²) in [6, 6.07) is 28.2. The highest BCUT2D eigenvalue weighted by molar-refractivity contribution is 8.18. The third-order valence-electron chi connectivity index (χ3n) is 6.08. The number of hydrogen-bond donors (Lipinski definition) is 1. The van der Waals surface area contributed by atoms with Crippen LogP contribution in [0.15, 0.2) is 95.9 Å². The number of thioether (sulfide) groups is 1. The highest BCUT2D eigenvalue weighted by Gasteiger charge is 2.34. The number of imide groups is 1. The molecule has 1 saturated heterocycles. The lowest BCUT2D eigenvalue weighted by molar-refractivity contribution is -0.123. The fourth-order valence-corrected chi connectivity index (χ4v) is 4.92. The van der Waals surface area contributed by atoms with Gasteiger partial charge in [-0.15, -0.1) is 0 Å². The van der Waals surface area contributed by atoms with Gasteiger partial charge in [-0.25, -0.2) is 0 Å². The maximum absolute atomic E-state index is 12.9. The number of carbonyl (C=O) groups is 3. The summed E-state index contributed by atoms with van der Waals surface area (Å²) in [5, 5.41) is 4.50. The molecule has 0 atom stereocenters. The number of hydrogen-bond acceptors (Lipinski definition) is 6. The summed E-state index contributed by atoms with van der Waals surface area (Å²) in [6.07, 6.45) is 1.67. The second-order valence-corrected chi connectivity index (χ2v) is 9.92. The van der Waals surface area contributed by atoms with Crippen molar-refractivity contribution in [2.24, 2.45) is 0 Å². The van der Waals surface area contributed by atoms with E-state index in [1.165, 1.54) is 4.90 Å². The molecule has 0 bridgehead atoms. The number of carbonyl (C=O) groups excluding carboxylic acids is 3. The molecule has 7 nitrogen and oxygen atoms in total. The maximum Gasteiger partial charge on any atom is 0.293 e. The van der Waals surface area contributed by atoms with Crippen LogP contribution in [-0.4, -0.2) is 41.7 Å². The van der Waals surface area contributed by atoms with E-state index in [0.717, 1.165) is 33.7 Å². The Labute approximate surface area is 230 Å². The van der Waals surface area contributed by atoms with Crippen LogP contribution >= 0.6 is 11.8 Å². The van der Waals surface area contributed by atoms with Crippen molar-refractivity contribution in [3.05, 3.63) is 107 Å². The van der Waals surface area contributed by atoms with Crippen molar-refractivity contribution in [2.75, 3.05) is 25.1 Å². The third kappa shape index (κ3) is 6.48. The molecule has 1 aliphatic heterocycles. The number of ether oxygens (including phenoxy) is 2. The fourth-order valence-electron chi connectivity index (χ4n) is 4.06. The molecule has 0 radical (unpaired) electrons. The molecule has 196 valence electrons. The first-order valence-electron chi connectivity index (χ1n) is 12.4. The van der Waals surface area contributed by atoms with Crippen molar-refractivity contribution in [3.63, 3.8) is 0 Å². The largest absolute Gasteiger partial charge is 0.491 e. The molecule has 0 spiro atoms. The Hall–Kier alpha value is -4.56. The average molecular weight is 539 g/mol. The lowest BCUT2D eigenvalue weighted by Crippen LogP contribution is -2.32. The van der Waals surface area contributed by atoms with E-state index in [1.54, 1.807) is 30.3 Å². The van der Waals surface area contributed by atoms with Crippen LogP contribution < -0.4 is 14.8 Å². The van der Waals surface area contributed by atoms with Gasteiger partial charge in [0.1, 0.15) is 18.1 Å². The van der Waals surface area contributed by atoms with Crippen molar-refractivity contribution in [1.29, 1.82) is 0 Å². The van der Waals surface area contributed by atoms with Crippen molar-refractivity contribution in [1.82, 2.24) is 4.90 Å². The zero-order valence-electron chi connectivity index (χ0n) is 21.3. The second-order valence-electron chi connectivity index (χ2n) is 8.93. The summed E-state index contributed by atoms with van der Waals surface area (Å²) in [5.74, 6) is 0.621.